The van der Waals surface area contributed by atoms with E-state index < -0.39 is 66.4 Å². The normalized spacial score (nSPS) is 18.4. The van der Waals surface area contributed by atoms with Crippen molar-refractivity contribution in [2.45, 2.75) is 75.7 Å². The molecule has 0 aromatic rings. The lowest BCUT2D eigenvalue weighted by atomic mass is 10.1. The number of guanidine groups is 1. The summed E-state index contributed by atoms with van der Waals surface area (Å²) >= 11 is 0. The Labute approximate surface area is 202 Å². The fraction of sp³-hybridized carbons (Fsp3) is 0.700. The zero-order chi connectivity index (χ0) is 26.5. The van der Waals surface area contributed by atoms with Crippen molar-refractivity contribution in [2.24, 2.45) is 16.5 Å². The van der Waals surface area contributed by atoms with Crippen molar-refractivity contribution >= 4 is 35.6 Å². The van der Waals surface area contributed by atoms with Gasteiger partial charge < -0.3 is 48.1 Å². The van der Waals surface area contributed by atoms with Crippen LogP contribution >= 0.6 is 0 Å². The number of hydrogen-bond donors (Lipinski definition) is 9. The molecule has 0 aromatic heterocycles. The molecule has 15 nitrogen and oxygen atoms in total. The summed E-state index contributed by atoms with van der Waals surface area (Å²) in [5, 5.41) is 38.0. The van der Waals surface area contributed by atoms with Gasteiger partial charge in [0.15, 0.2) is 12.0 Å². The number of hydrogen-bond acceptors (Lipinski definition) is 8. The lowest BCUT2D eigenvalue weighted by molar-refractivity contribution is -0.145. The number of aliphatic imine (C=N–C) groups is 1. The molecule has 1 rings (SSSR count). The summed E-state index contributed by atoms with van der Waals surface area (Å²) in [4.78, 5) is 64.4. The molecule has 0 bridgehead atoms. The van der Waals surface area contributed by atoms with Crippen LogP contribution in [0.3, 0.4) is 0 Å². The summed E-state index contributed by atoms with van der Waals surface area (Å²) < 4.78 is 0. The third kappa shape index (κ3) is 11.0. The van der Waals surface area contributed by atoms with Crippen LogP contribution in [0, 0.1) is 0 Å². The van der Waals surface area contributed by atoms with Crippen molar-refractivity contribution in [3.05, 3.63) is 0 Å². The highest BCUT2D eigenvalue weighted by atomic mass is 16.4. The topological polar surface area (TPSA) is 259 Å². The van der Waals surface area contributed by atoms with Crippen LogP contribution in [0.15, 0.2) is 4.99 Å². The van der Waals surface area contributed by atoms with Gasteiger partial charge in [0, 0.05) is 13.0 Å². The highest BCUT2D eigenvalue weighted by molar-refractivity contribution is 5.94. The van der Waals surface area contributed by atoms with E-state index in [0.717, 1.165) is 6.42 Å². The second-order valence-electron chi connectivity index (χ2n) is 8.22. The number of nitrogens with zero attached hydrogens (tertiary/aromatic N) is 1. The first kappa shape index (κ1) is 29.6. The minimum Gasteiger partial charge on any atom is -0.481 e. The van der Waals surface area contributed by atoms with E-state index >= 15 is 0 Å². The fourth-order valence-corrected chi connectivity index (χ4v) is 3.40. The van der Waals surface area contributed by atoms with E-state index in [2.05, 4.69) is 26.3 Å². The Bertz CT molecular complexity index is 794. The zero-order valence-electron chi connectivity index (χ0n) is 19.5. The van der Waals surface area contributed by atoms with Crippen LogP contribution in [-0.4, -0.2) is 94.3 Å². The van der Waals surface area contributed by atoms with Crippen LogP contribution in [0.5, 0.6) is 0 Å². The predicted octanol–water partition coefficient (Wildman–Crippen LogP) is -3.42. The molecule has 5 unspecified atom stereocenters. The quantitative estimate of drug-likeness (QED) is 0.0606. The first-order chi connectivity index (χ1) is 16.4. The fourth-order valence-electron chi connectivity index (χ4n) is 3.40. The standard InChI is InChI=1S/C20H35N7O8/c1-10(28)15(19(34)35)27-18(33)12(5-3-9-24-20(21)22)25-17(32)13(6-7-14(29)30)26-16(31)11-4-2-8-23-11/h10-13,15,23,28H,2-9H2,1H3,(H,25,32)(H,26,31)(H,27,33)(H,29,30)(H,34,35)(H4,21,22,24). The Balaban J connectivity index is 2.99. The number of nitrogens with two attached hydrogens (primary N) is 2. The third-order valence-electron chi connectivity index (χ3n) is 5.28. The molecule has 0 saturated carbocycles. The number of aliphatic carboxylic acids is 2. The number of amides is 3. The summed E-state index contributed by atoms with van der Waals surface area (Å²) in [6.45, 7) is 1.93. The average molecular weight is 502 g/mol. The molecule has 35 heavy (non-hydrogen) atoms. The molecule has 0 radical (unpaired) electrons. The van der Waals surface area contributed by atoms with Gasteiger partial charge in [0.1, 0.15) is 12.1 Å². The molecule has 3 amide bonds. The molecule has 1 heterocycles. The highest BCUT2D eigenvalue weighted by Crippen LogP contribution is 2.08. The van der Waals surface area contributed by atoms with Crippen LogP contribution in [-0.2, 0) is 24.0 Å². The first-order valence-electron chi connectivity index (χ1n) is 11.2. The van der Waals surface area contributed by atoms with Crippen LogP contribution in [0.2, 0.25) is 0 Å². The Morgan fingerprint density at radius 2 is 1.66 bits per heavy atom. The zero-order valence-corrected chi connectivity index (χ0v) is 19.5. The number of carboxylic acids is 2. The number of rotatable bonds is 15. The van der Waals surface area contributed by atoms with Crippen molar-refractivity contribution in [2.75, 3.05) is 13.1 Å². The molecule has 1 aliphatic heterocycles. The second kappa shape index (κ2) is 14.7. The van der Waals surface area contributed by atoms with E-state index in [1.807, 2.05) is 0 Å². The number of aliphatic hydroxyl groups is 1. The number of carbonyl (C=O) groups is 5. The maximum absolute atomic E-state index is 13.0. The molecule has 1 aliphatic rings. The Hall–Kier alpha value is -3.46. The van der Waals surface area contributed by atoms with Crippen molar-refractivity contribution in [3.8, 4) is 0 Å². The largest absolute Gasteiger partial charge is 0.481 e. The minimum absolute atomic E-state index is 0.00964. The summed E-state index contributed by atoms with van der Waals surface area (Å²) in [5.41, 5.74) is 10.5. The number of aliphatic hydroxyl groups excluding tert-OH is 1. The summed E-state index contributed by atoms with van der Waals surface area (Å²) in [5.74, 6) is -5.01. The van der Waals surface area contributed by atoms with Gasteiger partial charge in [0.25, 0.3) is 0 Å². The van der Waals surface area contributed by atoms with E-state index in [0.29, 0.717) is 13.0 Å². The van der Waals surface area contributed by atoms with Gasteiger partial charge in [-0.2, -0.15) is 0 Å². The Morgan fingerprint density at radius 1 is 1.03 bits per heavy atom. The lowest BCUT2D eigenvalue weighted by Crippen LogP contribution is -2.58. The van der Waals surface area contributed by atoms with E-state index in [4.69, 9.17) is 16.6 Å². The van der Waals surface area contributed by atoms with Crippen LogP contribution < -0.4 is 32.7 Å². The van der Waals surface area contributed by atoms with Gasteiger partial charge in [-0.25, -0.2) is 4.79 Å². The summed E-state index contributed by atoms with van der Waals surface area (Å²) in [6, 6.07) is -4.67. The molecule has 0 aliphatic carbocycles. The Kier molecular flexibility index (Phi) is 12.4. The summed E-state index contributed by atoms with van der Waals surface area (Å²) in [7, 11) is 0. The van der Waals surface area contributed by atoms with Gasteiger partial charge in [-0.15, -0.1) is 0 Å². The van der Waals surface area contributed by atoms with E-state index in [9.17, 15) is 34.2 Å². The summed E-state index contributed by atoms with van der Waals surface area (Å²) in [6.07, 6.45) is -0.517. The maximum Gasteiger partial charge on any atom is 0.328 e. The highest BCUT2D eigenvalue weighted by Gasteiger charge is 2.32. The molecule has 1 fully saturated rings. The minimum atomic E-state index is -1.63. The SMILES string of the molecule is CC(O)C(NC(=O)C(CCCN=C(N)N)NC(=O)C(CCC(=O)O)NC(=O)C1CCCN1)C(=O)O. The molecule has 11 N–H and O–H groups in total. The molecule has 198 valence electrons. The molecule has 0 aromatic carbocycles. The average Bonchev–Trinajstić information content (AvgIpc) is 3.30. The third-order valence-corrected chi connectivity index (χ3v) is 5.28. The number of carbonyl (C=O) groups excluding carboxylic acids is 3. The predicted molar refractivity (Wildman–Crippen MR) is 123 cm³/mol. The first-order valence-corrected chi connectivity index (χ1v) is 11.2. The second-order valence-corrected chi connectivity index (χ2v) is 8.22. The smallest absolute Gasteiger partial charge is 0.328 e. The van der Waals surface area contributed by atoms with Gasteiger partial charge in [-0.05, 0) is 45.6 Å². The maximum atomic E-state index is 13.0. The molecule has 0 spiro atoms. The van der Waals surface area contributed by atoms with Crippen LogP contribution in [0.4, 0.5) is 0 Å². The van der Waals surface area contributed by atoms with E-state index in [-0.39, 0.29) is 31.8 Å². The molecule has 1 saturated heterocycles. The van der Waals surface area contributed by atoms with Gasteiger partial charge in [-0.3, -0.25) is 24.2 Å². The van der Waals surface area contributed by atoms with Gasteiger partial charge >= 0.3 is 11.9 Å². The van der Waals surface area contributed by atoms with Crippen LogP contribution in [0.25, 0.3) is 0 Å². The lowest BCUT2D eigenvalue weighted by Gasteiger charge is -2.25. The monoisotopic (exact) mass is 501 g/mol. The molecule has 5 atom stereocenters. The molecular weight excluding hydrogens is 466 g/mol. The number of nitrogens with one attached hydrogen (secondary N) is 4. The van der Waals surface area contributed by atoms with Crippen LogP contribution in [0.1, 0.15) is 45.4 Å². The van der Waals surface area contributed by atoms with Crippen molar-refractivity contribution in [3.63, 3.8) is 0 Å². The molecular formula is C20H35N7O8. The van der Waals surface area contributed by atoms with Gasteiger partial charge in [-0.1, -0.05) is 0 Å². The van der Waals surface area contributed by atoms with E-state index in [1.165, 1.54) is 6.92 Å². The Morgan fingerprint density at radius 3 is 2.17 bits per heavy atom. The van der Waals surface area contributed by atoms with Crippen molar-refractivity contribution in [1.82, 2.24) is 21.3 Å². The molecule has 15 heteroatoms. The van der Waals surface area contributed by atoms with Gasteiger partial charge in [0.2, 0.25) is 17.7 Å². The number of carboxylic acid groups (broad SMARTS) is 2. The van der Waals surface area contributed by atoms with Crippen molar-refractivity contribution in [1.29, 1.82) is 0 Å². The van der Waals surface area contributed by atoms with Crippen molar-refractivity contribution < 1.29 is 39.3 Å². The van der Waals surface area contributed by atoms with E-state index in [1.54, 1.807) is 0 Å². The van der Waals surface area contributed by atoms with Gasteiger partial charge in [0.05, 0.1) is 12.1 Å².